The fraction of sp³-hybridized carbons (Fsp3) is 0.286. The molecule has 0 aliphatic rings. The highest BCUT2D eigenvalue weighted by Crippen LogP contribution is 2.02. The van der Waals surface area contributed by atoms with Crippen molar-refractivity contribution in [2.45, 2.75) is 19.8 Å². The van der Waals surface area contributed by atoms with Crippen molar-refractivity contribution in [3.8, 4) is 0 Å². The summed E-state index contributed by atoms with van der Waals surface area (Å²) in [6.07, 6.45) is 2.71. The van der Waals surface area contributed by atoms with Crippen LogP contribution in [0.1, 0.15) is 17.2 Å². The van der Waals surface area contributed by atoms with Crippen molar-refractivity contribution in [2.24, 2.45) is 0 Å². The summed E-state index contributed by atoms with van der Waals surface area (Å²) in [6, 6.07) is 9.68. The average molecular weight is 244 g/mol. The summed E-state index contributed by atoms with van der Waals surface area (Å²) >= 11 is 0. The number of aryl methyl sites for hydroxylation is 1. The molecule has 2 rings (SSSR count). The van der Waals surface area contributed by atoms with Gasteiger partial charge in [-0.3, -0.25) is 4.79 Å². The highest BCUT2D eigenvalue weighted by Gasteiger charge is 2.04. The molecule has 0 aliphatic heterocycles. The number of carbonyl (C=O) groups is 1. The van der Waals surface area contributed by atoms with E-state index in [9.17, 15) is 4.79 Å². The SMILES string of the molecule is Cc1cnc(CCNC(=O)Cc2ccccc2)o1. The van der Waals surface area contributed by atoms with Crippen molar-refractivity contribution < 1.29 is 9.21 Å². The van der Waals surface area contributed by atoms with Gasteiger partial charge in [0.2, 0.25) is 5.91 Å². The molecule has 18 heavy (non-hydrogen) atoms. The van der Waals surface area contributed by atoms with Gasteiger partial charge < -0.3 is 9.73 Å². The lowest BCUT2D eigenvalue weighted by molar-refractivity contribution is -0.120. The number of oxazole rings is 1. The Hall–Kier alpha value is -2.10. The Morgan fingerprint density at radius 1 is 1.33 bits per heavy atom. The van der Waals surface area contributed by atoms with E-state index in [1.165, 1.54) is 0 Å². The Morgan fingerprint density at radius 3 is 2.78 bits per heavy atom. The molecular formula is C14H16N2O2. The second-order valence-electron chi connectivity index (χ2n) is 4.13. The number of benzene rings is 1. The molecule has 0 unspecified atom stereocenters. The van der Waals surface area contributed by atoms with E-state index >= 15 is 0 Å². The zero-order chi connectivity index (χ0) is 12.8. The molecule has 0 atom stereocenters. The Kier molecular flexibility index (Phi) is 4.12. The third-order valence-electron chi connectivity index (χ3n) is 2.54. The average Bonchev–Trinajstić information content (AvgIpc) is 2.76. The maximum Gasteiger partial charge on any atom is 0.224 e. The monoisotopic (exact) mass is 244 g/mol. The summed E-state index contributed by atoms with van der Waals surface area (Å²) in [5.74, 6) is 1.47. The fourth-order valence-corrected chi connectivity index (χ4v) is 1.67. The second-order valence-corrected chi connectivity index (χ2v) is 4.13. The molecule has 1 N–H and O–H groups in total. The first kappa shape index (κ1) is 12.4. The summed E-state index contributed by atoms with van der Waals surface area (Å²) in [5.41, 5.74) is 1.02. The van der Waals surface area contributed by atoms with E-state index in [1.807, 2.05) is 37.3 Å². The highest BCUT2D eigenvalue weighted by molar-refractivity contribution is 5.78. The lowest BCUT2D eigenvalue weighted by Gasteiger charge is -2.03. The molecule has 0 saturated carbocycles. The lowest BCUT2D eigenvalue weighted by Crippen LogP contribution is -2.27. The number of hydrogen-bond donors (Lipinski definition) is 1. The molecule has 1 heterocycles. The van der Waals surface area contributed by atoms with Crippen LogP contribution in [0.3, 0.4) is 0 Å². The van der Waals surface area contributed by atoms with Gasteiger partial charge in [0.15, 0.2) is 5.89 Å². The van der Waals surface area contributed by atoms with Gasteiger partial charge in [-0.2, -0.15) is 0 Å². The molecule has 4 nitrogen and oxygen atoms in total. The van der Waals surface area contributed by atoms with Gasteiger partial charge in [0.05, 0.1) is 12.6 Å². The van der Waals surface area contributed by atoms with Crippen LogP contribution in [0.2, 0.25) is 0 Å². The molecule has 1 aromatic heterocycles. The van der Waals surface area contributed by atoms with Gasteiger partial charge in [0.1, 0.15) is 5.76 Å². The van der Waals surface area contributed by atoms with Crippen LogP contribution < -0.4 is 5.32 Å². The Bertz CT molecular complexity index is 506. The molecule has 1 aromatic carbocycles. The predicted octanol–water partition coefficient (Wildman–Crippen LogP) is 1.88. The van der Waals surface area contributed by atoms with Crippen LogP contribution in [-0.2, 0) is 17.6 Å². The number of rotatable bonds is 5. The Morgan fingerprint density at radius 2 is 2.11 bits per heavy atom. The molecule has 94 valence electrons. The highest BCUT2D eigenvalue weighted by atomic mass is 16.4. The minimum atomic E-state index is 0.0180. The summed E-state index contributed by atoms with van der Waals surface area (Å²) in [6.45, 7) is 2.40. The zero-order valence-corrected chi connectivity index (χ0v) is 10.3. The van der Waals surface area contributed by atoms with Crippen molar-refractivity contribution in [3.63, 3.8) is 0 Å². The number of amides is 1. The third-order valence-corrected chi connectivity index (χ3v) is 2.54. The van der Waals surface area contributed by atoms with E-state index in [0.29, 0.717) is 25.3 Å². The molecule has 0 bridgehead atoms. The molecule has 2 aromatic rings. The Balaban J connectivity index is 1.72. The normalized spacial score (nSPS) is 10.3. The van der Waals surface area contributed by atoms with Crippen molar-refractivity contribution in [1.82, 2.24) is 10.3 Å². The van der Waals surface area contributed by atoms with Crippen LogP contribution in [-0.4, -0.2) is 17.4 Å². The van der Waals surface area contributed by atoms with E-state index < -0.39 is 0 Å². The smallest absolute Gasteiger partial charge is 0.224 e. The number of nitrogens with zero attached hydrogens (tertiary/aromatic N) is 1. The zero-order valence-electron chi connectivity index (χ0n) is 10.3. The van der Waals surface area contributed by atoms with Crippen LogP contribution in [0.5, 0.6) is 0 Å². The number of carbonyl (C=O) groups excluding carboxylic acids is 1. The van der Waals surface area contributed by atoms with E-state index in [-0.39, 0.29) is 5.91 Å². The standard InChI is InChI=1S/C14H16N2O2/c1-11-10-16-14(18-11)7-8-15-13(17)9-12-5-3-2-4-6-12/h2-6,10H,7-9H2,1H3,(H,15,17). The minimum absolute atomic E-state index is 0.0180. The topological polar surface area (TPSA) is 55.1 Å². The summed E-state index contributed by atoms with van der Waals surface area (Å²) in [5, 5.41) is 2.85. The van der Waals surface area contributed by atoms with Gasteiger partial charge in [-0.05, 0) is 12.5 Å². The van der Waals surface area contributed by atoms with Crippen LogP contribution in [0, 0.1) is 6.92 Å². The van der Waals surface area contributed by atoms with Crippen LogP contribution >= 0.6 is 0 Å². The molecule has 0 fully saturated rings. The van der Waals surface area contributed by atoms with Crippen molar-refractivity contribution >= 4 is 5.91 Å². The van der Waals surface area contributed by atoms with Gasteiger partial charge in [-0.1, -0.05) is 30.3 Å². The second kappa shape index (κ2) is 6.00. The van der Waals surface area contributed by atoms with Crippen molar-refractivity contribution in [3.05, 3.63) is 53.7 Å². The first-order valence-corrected chi connectivity index (χ1v) is 5.96. The maximum atomic E-state index is 11.6. The predicted molar refractivity (Wildman–Crippen MR) is 68.1 cm³/mol. The molecule has 0 spiro atoms. The van der Waals surface area contributed by atoms with Crippen LogP contribution in [0.4, 0.5) is 0 Å². The maximum absolute atomic E-state index is 11.6. The Labute approximate surface area is 106 Å². The van der Waals surface area contributed by atoms with E-state index in [4.69, 9.17) is 4.42 Å². The van der Waals surface area contributed by atoms with Gasteiger partial charge in [0.25, 0.3) is 0 Å². The van der Waals surface area contributed by atoms with Gasteiger partial charge in [-0.25, -0.2) is 4.98 Å². The van der Waals surface area contributed by atoms with Crippen molar-refractivity contribution in [2.75, 3.05) is 6.54 Å². The first-order chi connectivity index (χ1) is 8.74. The molecule has 0 radical (unpaired) electrons. The molecule has 0 aliphatic carbocycles. The number of hydrogen-bond acceptors (Lipinski definition) is 3. The lowest BCUT2D eigenvalue weighted by atomic mass is 10.1. The van der Waals surface area contributed by atoms with E-state index in [0.717, 1.165) is 11.3 Å². The van der Waals surface area contributed by atoms with E-state index in [1.54, 1.807) is 6.20 Å². The summed E-state index contributed by atoms with van der Waals surface area (Å²) in [4.78, 5) is 15.7. The summed E-state index contributed by atoms with van der Waals surface area (Å²) < 4.78 is 5.32. The molecular weight excluding hydrogens is 228 g/mol. The number of aromatic nitrogens is 1. The third kappa shape index (κ3) is 3.73. The minimum Gasteiger partial charge on any atom is -0.446 e. The van der Waals surface area contributed by atoms with Gasteiger partial charge in [0, 0.05) is 13.0 Å². The summed E-state index contributed by atoms with van der Waals surface area (Å²) in [7, 11) is 0. The first-order valence-electron chi connectivity index (χ1n) is 5.96. The number of nitrogens with one attached hydrogen (secondary N) is 1. The quantitative estimate of drug-likeness (QED) is 0.873. The van der Waals surface area contributed by atoms with Crippen LogP contribution in [0.25, 0.3) is 0 Å². The molecule has 0 saturated heterocycles. The van der Waals surface area contributed by atoms with E-state index in [2.05, 4.69) is 10.3 Å². The van der Waals surface area contributed by atoms with Crippen molar-refractivity contribution in [1.29, 1.82) is 0 Å². The molecule has 4 heteroatoms. The van der Waals surface area contributed by atoms with Gasteiger partial charge in [-0.15, -0.1) is 0 Å². The molecule has 1 amide bonds. The van der Waals surface area contributed by atoms with Crippen LogP contribution in [0.15, 0.2) is 40.9 Å². The van der Waals surface area contributed by atoms with Gasteiger partial charge >= 0.3 is 0 Å². The fourth-order valence-electron chi connectivity index (χ4n) is 1.67. The largest absolute Gasteiger partial charge is 0.446 e.